The zero-order valence-corrected chi connectivity index (χ0v) is 12.6. The number of nitrogens with zero attached hydrogens (tertiary/aromatic N) is 3. The van der Waals surface area contributed by atoms with Crippen molar-refractivity contribution in [1.82, 2.24) is 19.3 Å². The highest BCUT2D eigenvalue weighted by Gasteiger charge is 2.42. The molecule has 0 bridgehead atoms. The molecule has 0 spiro atoms. The van der Waals surface area contributed by atoms with E-state index in [1.165, 1.54) is 12.8 Å². The molecule has 0 saturated heterocycles. The summed E-state index contributed by atoms with van der Waals surface area (Å²) in [6, 6.07) is 0. The van der Waals surface area contributed by atoms with Gasteiger partial charge in [-0.3, -0.25) is 4.68 Å². The van der Waals surface area contributed by atoms with E-state index < -0.39 is 0 Å². The van der Waals surface area contributed by atoms with Gasteiger partial charge in [0.05, 0.1) is 5.69 Å². The minimum absolute atomic E-state index is 0.407. The molecule has 1 N–H and O–H groups in total. The topological polar surface area (TPSA) is 38.5 Å². The number of fused-ring (bicyclic) bond motifs is 1. The number of aromatic amines is 1. The van der Waals surface area contributed by atoms with Gasteiger partial charge in [0, 0.05) is 18.3 Å². The van der Waals surface area contributed by atoms with Crippen LogP contribution in [0.5, 0.6) is 0 Å². The second-order valence-corrected chi connectivity index (χ2v) is 6.69. The minimum Gasteiger partial charge on any atom is -0.328 e. The molecule has 1 aliphatic rings. The zero-order chi connectivity index (χ0) is 12.9. The molecule has 0 unspecified atom stereocenters. The monoisotopic (exact) mass is 282 g/mol. The molecule has 0 aliphatic heterocycles. The van der Waals surface area contributed by atoms with Gasteiger partial charge in [-0.25, -0.2) is 0 Å². The molecule has 2 aromatic rings. The third-order valence-corrected chi connectivity index (χ3v) is 5.57. The highest BCUT2D eigenvalue weighted by atomic mass is 32.2. The molecule has 98 valence electrons. The van der Waals surface area contributed by atoms with Crippen molar-refractivity contribution in [2.75, 3.05) is 6.26 Å². The first-order valence-corrected chi connectivity index (χ1v) is 7.93. The Hall–Kier alpha value is -0.750. The lowest BCUT2D eigenvalue weighted by atomic mass is 10.3. The predicted molar refractivity (Wildman–Crippen MR) is 78.7 cm³/mol. The summed E-state index contributed by atoms with van der Waals surface area (Å²) in [4.78, 5) is 3.33. The van der Waals surface area contributed by atoms with E-state index in [4.69, 9.17) is 12.2 Å². The van der Waals surface area contributed by atoms with Crippen LogP contribution in [0.3, 0.4) is 0 Å². The number of aryl methyl sites for hydroxylation is 2. The average Bonchev–Trinajstić information content (AvgIpc) is 2.98. The second kappa shape index (κ2) is 4.13. The van der Waals surface area contributed by atoms with Gasteiger partial charge in [-0.2, -0.15) is 16.9 Å². The number of thioether (sulfide) groups is 1. The van der Waals surface area contributed by atoms with Crippen LogP contribution in [0.25, 0.3) is 11.2 Å². The minimum atomic E-state index is 0.407. The number of hydrogen-bond donors (Lipinski definition) is 1. The summed E-state index contributed by atoms with van der Waals surface area (Å²) in [5.74, 6) is 0. The summed E-state index contributed by atoms with van der Waals surface area (Å²) in [5.41, 5.74) is 3.35. The Labute approximate surface area is 116 Å². The Morgan fingerprint density at radius 2 is 2.22 bits per heavy atom. The van der Waals surface area contributed by atoms with E-state index in [2.05, 4.69) is 27.8 Å². The smallest absolute Gasteiger partial charge is 0.179 e. The third-order valence-electron chi connectivity index (χ3n) is 3.84. The highest BCUT2D eigenvalue weighted by molar-refractivity contribution is 8.00. The van der Waals surface area contributed by atoms with Crippen molar-refractivity contribution in [3.8, 4) is 0 Å². The molecular formula is C12H18N4S2. The van der Waals surface area contributed by atoms with Crippen LogP contribution in [0.15, 0.2) is 0 Å². The van der Waals surface area contributed by atoms with Crippen LogP contribution in [0.2, 0.25) is 0 Å². The van der Waals surface area contributed by atoms with Crippen molar-refractivity contribution < 1.29 is 0 Å². The third kappa shape index (κ3) is 1.73. The van der Waals surface area contributed by atoms with Crippen LogP contribution in [0, 0.1) is 4.77 Å². The lowest BCUT2D eigenvalue weighted by molar-refractivity contribution is 0.638. The van der Waals surface area contributed by atoms with Crippen LogP contribution >= 0.6 is 24.0 Å². The van der Waals surface area contributed by atoms with Gasteiger partial charge in [0.15, 0.2) is 10.4 Å². The van der Waals surface area contributed by atoms with Crippen LogP contribution in [-0.2, 0) is 20.0 Å². The largest absolute Gasteiger partial charge is 0.328 e. The molecule has 1 aliphatic carbocycles. The molecule has 3 rings (SSSR count). The highest BCUT2D eigenvalue weighted by Crippen LogP contribution is 2.48. The molecule has 1 saturated carbocycles. The van der Waals surface area contributed by atoms with Gasteiger partial charge in [0.25, 0.3) is 0 Å². The Morgan fingerprint density at radius 1 is 1.50 bits per heavy atom. The summed E-state index contributed by atoms with van der Waals surface area (Å²) >= 11 is 7.44. The quantitative estimate of drug-likeness (QED) is 0.876. The Bertz CT molecular complexity index is 645. The van der Waals surface area contributed by atoms with Gasteiger partial charge in [-0.05, 0) is 37.7 Å². The maximum Gasteiger partial charge on any atom is 0.179 e. The summed E-state index contributed by atoms with van der Waals surface area (Å²) in [7, 11) is 2.00. The lowest BCUT2D eigenvalue weighted by Gasteiger charge is -2.13. The number of imidazole rings is 1. The molecule has 0 radical (unpaired) electrons. The van der Waals surface area contributed by atoms with Crippen LogP contribution < -0.4 is 0 Å². The fourth-order valence-electron chi connectivity index (χ4n) is 2.53. The van der Waals surface area contributed by atoms with E-state index in [1.54, 1.807) is 0 Å². The second-order valence-electron chi connectivity index (χ2n) is 5.03. The number of rotatable bonds is 4. The summed E-state index contributed by atoms with van der Waals surface area (Å²) < 4.78 is 5.41. The van der Waals surface area contributed by atoms with Gasteiger partial charge in [0.1, 0.15) is 5.52 Å². The zero-order valence-electron chi connectivity index (χ0n) is 11.0. The van der Waals surface area contributed by atoms with Gasteiger partial charge >= 0.3 is 0 Å². The van der Waals surface area contributed by atoms with Crippen molar-refractivity contribution in [1.29, 1.82) is 0 Å². The average molecular weight is 282 g/mol. The first kappa shape index (κ1) is 12.3. The predicted octanol–water partition coefficient (Wildman–Crippen LogP) is 2.89. The Balaban J connectivity index is 2.14. The molecule has 18 heavy (non-hydrogen) atoms. The molecule has 1 fully saturated rings. The van der Waals surface area contributed by atoms with Gasteiger partial charge in [0.2, 0.25) is 0 Å². The number of hydrogen-bond acceptors (Lipinski definition) is 3. The van der Waals surface area contributed by atoms with Gasteiger partial charge in [-0.1, -0.05) is 6.92 Å². The maximum atomic E-state index is 5.47. The molecular weight excluding hydrogens is 264 g/mol. The lowest BCUT2D eigenvalue weighted by Crippen LogP contribution is -2.15. The Morgan fingerprint density at radius 3 is 2.78 bits per heavy atom. The fourth-order valence-corrected chi connectivity index (χ4v) is 3.55. The van der Waals surface area contributed by atoms with E-state index in [-0.39, 0.29) is 0 Å². The maximum absolute atomic E-state index is 5.47. The molecule has 2 aromatic heterocycles. The SMILES string of the molecule is CCc1nn(C)c2c1[nH]c(=S)n2CC1(SC)CC1. The first-order valence-electron chi connectivity index (χ1n) is 6.30. The van der Waals surface area contributed by atoms with Crippen LogP contribution in [0.4, 0.5) is 0 Å². The van der Waals surface area contributed by atoms with Crippen LogP contribution in [-0.4, -0.2) is 30.3 Å². The molecule has 0 atom stereocenters. The van der Waals surface area contributed by atoms with E-state index in [1.807, 2.05) is 23.5 Å². The van der Waals surface area contributed by atoms with Crippen LogP contribution in [0.1, 0.15) is 25.5 Å². The van der Waals surface area contributed by atoms with Crippen molar-refractivity contribution in [2.24, 2.45) is 7.05 Å². The molecule has 0 aromatic carbocycles. The number of H-pyrrole nitrogens is 1. The van der Waals surface area contributed by atoms with Crippen molar-refractivity contribution >= 4 is 35.1 Å². The van der Waals surface area contributed by atoms with E-state index in [0.29, 0.717) is 4.75 Å². The van der Waals surface area contributed by atoms with Crippen molar-refractivity contribution in [3.63, 3.8) is 0 Å². The summed E-state index contributed by atoms with van der Waals surface area (Å²) in [5, 5.41) is 4.56. The standard InChI is InChI=1S/C12H18N4S2/c1-4-8-9-10(15(2)14-8)16(11(17)13-9)7-12(18-3)5-6-12/h4-7H2,1-3H3,(H,13,17). The number of aromatic nitrogens is 4. The first-order chi connectivity index (χ1) is 8.60. The van der Waals surface area contributed by atoms with E-state index in [9.17, 15) is 0 Å². The molecule has 2 heterocycles. The summed E-state index contributed by atoms with van der Waals surface area (Å²) in [6.45, 7) is 3.12. The fraction of sp³-hybridized carbons (Fsp3) is 0.667. The van der Waals surface area contributed by atoms with E-state index >= 15 is 0 Å². The Kier molecular flexibility index (Phi) is 2.82. The molecule has 4 nitrogen and oxygen atoms in total. The molecule has 0 amide bonds. The van der Waals surface area contributed by atoms with Crippen molar-refractivity contribution in [3.05, 3.63) is 10.5 Å². The normalized spacial score (nSPS) is 17.5. The summed E-state index contributed by atoms with van der Waals surface area (Å²) in [6.07, 6.45) is 5.71. The van der Waals surface area contributed by atoms with Gasteiger partial charge in [-0.15, -0.1) is 0 Å². The van der Waals surface area contributed by atoms with Crippen molar-refractivity contribution in [2.45, 2.75) is 37.5 Å². The van der Waals surface area contributed by atoms with E-state index in [0.717, 1.165) is 34.6 Å². The molecule has 6 heteroatoms. The number of nitrogens with one attached hydrogen (secondary N) is 1. The van der Waals surface area contributed by atoms with Gasteiger partial charge < -0.3 is 9.55 Å².